The molecule has 0 aromatic rings. The largest absolute Gasteiger partial charge is 0.329 e. The van der Waals surface area contributed by atoms with E-state index in [1.807, 2.05) is 0 Å². The van der Waals surface area contributed by atoms with Gasteiger partial charge in [0.1, 0.15) is 0 Å². The van der Waals surface area contributed by atoms with E-state index in [9.17, 15) is 8.42 Å². The zero-order valence-electron chi connectivity index (χ0n) is 11.9. The Kier molecular flexibility index (Phi) is 5.26. The summed E-state index contributed by atoms with van der Waals surface area (Å²) >= 11 is 0. The highest BCUT2D eigenvalue weighted by atomic mass is 32.2. The average molecular weight is 288 g/mol. The lowest BCUT2D eigenvalue weighted by molar-refractivity contribution is 0.295. The number of hydrogen-bond acceptors (Lipinski definition) is 3. The van der Waals surface area contributed by atoms with Gasteiger partial charge in [-0.3, -0.25) is 0 Å². The lowest BCUT2D eigenvalue weighted by atomic mass is 9.85. The standard InChI is InChI=1S/C14H28N2O2S/c15-12-14(10-6-2-1-3-7-11-14)16-19(17,18)13-8-4-5-9-13/h13,16H,1-12,15H2. The van der Waals surface area contributed by atoms with E-state index in [0.717, 1.165) is 51.4 Å². The first kappa shape index (κ1) is 15.3. The van der Waals surface area contributed by atoms with Crippen molar-refractivity contribution >= 4 is 10.0 Å². The second kappa shape index (κ2) is 6.55. The van der Waals surface area contributed by atoms with Crippen LogP contribution in [0.15, 0.2) is 0 Å². The molecule has 0 radical (unpaired) electrons. The number of nitrogens with two attached hydrogens (primary N) is 1. The Bertz CT molecular complexity index is 367. The molecule has 0 atom stereocenters. The van der Waals surface area contributed by atoms with Crippen LogP contribution in [-0.4, -0.2) is 25.8 Å². The van der Waals surface area contributed by atoms with Crippen LogP contribution in [0.1, 0.15) is 70.6 Å². The molecule has 0 unspecified atom stereocenters. The Morgan fingerprint density at radius 3 is 2.00 bits per heavy atom. The van der Waals surface area contributed by atoms with E-state index in [4.69, 9.17) is 5.73 Å². The number of rotatable bonds is 4. The van der Waals surface area contributed by atoms with Crippen molar-refractivity contribution in [3.8, 4) is 0 Å². The normalized spacial score (nSPS) is 25.9. The molecule has 3 N–H and O–H groups in total. The summed E-state index contributed by atoms with van der Waals surface area (Å²) in [6.07, 6.45) is 11.4. The van der Waals surface area contributed by atoms with E-state index < -0.39 is 10.0 Å². The highest BCUT2D eigenvalue weighted by molar-refractivity contribution is 7.90. The zero-order valence-corrected chi connectivity index (χ0v) is 12.7. The summed E-state index contributed by atoms with van der Waals surface area (Å²) in [5.74, 6) is 0. The zero-order chi connectivity index (χ0) is 13.8. The Balaban J connectivity index is 2.07. The van der Waals surface area contributed by atoms with Crippen LogP contribution < -0.4 is 10.5 Å². The number of nitrogens with one attached hydrogen (secondary N) is 1. The number of hydrogen-bond donors (Lipinski definition) is 2. The molecule has 0 aromatic carbocycles. The average Bonchev–Trinajstić information content (AvgIpc) is 2.87. The van der Waals surface area contributed by atoms with E-state index in [0.29, 0.717) is 6.54 Å². The molecule has 0 bridgehead atoms. The predicted molar refractivity (Wildman–Crippen MR) is 78.4 cm³/mol. The van der Waals surface area contributed by atoms with Gasteiger partial charge in [0.25, 0.3) is 0 Å². The van der Waals surface area contributed by atoms with Crippen LogP contribution in [0, 0.1) is 0 Å². The summed E-state index contributed by atoms with van der Waals surface area (Å²) in [5.41, 5.74) is 5.56. The van der Waals surface area contributed by atoms with Gasteiger partial charge in [0, 0.05) is 12.1 Å². The molecule has 2 fully saturated rings. The van der Waals surface area contributed by atoms with Crippen LogP contribution in [0.2, 0.25) is 0 Å². The van der Waals surface area contributed by atoms with Gasteiger partial charge >= 0.3 is 0 Å². The minimum Gasteiger partial charge on any atom is -0.329 e. The molecule has 0 saturated heterocycles. The summed E-state index contributed by atoms with van der Waals surface area (Å²) in [5, 5.41) is -0.179. The summed E-state index contributed by atoms with van der Waals surface area (Å²) < 4.78 is 28.0. The van der Waals surface area contributed by atoms with Crippen LogP contribution in [0.5, 0.6) is 0 Å². The van der Waals surface area contributed by atoms with Crippen LogP contribution in [0.25, 0.3) is 0 Å². The van der Waals surface area contributed by atoms with Crippen molar-refractivity contribution < 1.29 is 8.42 Å². The van der Waals surface area contributed by atoms with E-state index >= 15 is 0 Å². The van der Waals surface area contributed by atoms with Crippen molar-refractivity contribution in [3.63, 3.8) is 0 Å². The summed E-state index contributed by atoms with van der Waals surface area (Å²) in [4.78, 5) is 0. The fraction of sp³-hybridized carbons (Fsp3) is 1.00. The highest BCUT2D eigenvalue weighted by Gasteiger charge is 2.37. The lowest BCUT2D eigenvalue weighted by Crippen LogP contribution is -2.55. The molecule has 5 heteroatoms. The molecule has 19 heavy (non-hydrogen) atoms. The van der Waals surface area contributed by atoms with Crippen LogP contribution in [-0.2, 0) is 10.0 Å². The molecule has 0 amide bonds. The van der Waals surface area contributed by atoms with Gasteiger partial charge in [-0.2, -0.15) is 0 Å². The maximum atomic E-state index is 12.5. The quantitative estimate of drug-likeness (QED) is 0.833. The third-order valence-electron chi connectivity index (χ3n) is 4.80. The molecule has 4 nitrogen and oxygen atoms in total. The number of sulfonamides is 1. The molecule has 0 aliphatic heterocycles. The fourth-order valence-electron chi connectivity index (χ4n) is 3.51. The fourth-order valence-corrected chi connectivity index (χ4v) is 5.53. The van der Waals surface area contributed by atoms with Crippen molar-refractivity contribution in [3.05, 3.63) is 0 Å². The first-order valence-electron chi connectivity index (χ1n) is 7.81. The van der Waals surface area contributed by atoms with Gasteiger partial charge in [0.15, 0.2) is 0 Å². The second-order valence-corrected chi connectivity index (χ2v) is 8.27. The maximum Gasteiger partial charge on any atom is 0.215 e. The first-order chi connectivity index (χ1) is 9.08. The van der Waals surface area contributed by atoms with E-state index in [-0.39, 0.29) is 10.8 Å². The molecule has 2 rings (SSSR count). The highest BCUT2D eigenvalue weighted by Crippen LogP contribution is 2.30. The van der Waals surface area contributed by atoms with Crippen LogP contribution in [0.3, 0.4) is 0 Å². The Morgan fingerprint density at radius 1 is 0.947 bits per heavy atom. The monoisotopic (exact) mass is 288 g/mol. The maximum absolute atomic E-state index is 12.5. The lowest BCUT2D eigenvalue weighted by Gasteiger charge is -2.36. The van der Waals surface area contributed by atoms with Gasteiger partial charge in [0.05, 0.1) is 5.25 Å². The summed E-state index contributed by atoms with van der Waals surface area (Å²) in [6, 6.07) is 0. The van der Waals surface area contributed by atoms with Crippen LogP contribution in [0.4, 0.5) is 0 Å². The smallest absolute Gasteiger partial charge is 0.215 e. The van der Waals surface area contributed by atoms with Gasteiger partial charge in [0.2, 0.25) is 10.0 Å². The van der Waals surface area contributed by atoms with Crippen molar-refractivity contribution in [2.45, 2.75) is 81.4 Å². The van der Waals surface area contributed by atoms with Crippen molar-refractivity contribution in [1.29, 1.82) is 0 Å². The molecular weight excluding hydrogens is 260 g/mol. The Morgan fingerprint density at radius 2 is 1.47 bits per heavy atom. The third-order valence-corrected chi connectivity index (χ3v) is 6.87. The van der Waals surface area contributed by atoms with Crippen molar-refractivity contribution in [1.82, 2.24) is 4.72 Å². The Hall–Kier alpha value is -0.130. The molecule has 112 valence electrons. The second-order valence-electron chi connectivity index (χ2n) is 6.31. The van der Waals surface area contributed by atoms with Gasteiger partial charge in [-0.1, -0.05) is 44.9 Å². The molecule has 2 saturated carbocycles. The summed E-state index contributed by atoms with van der Waals surface area (Å²) in [6.45, 7) is 0.430. The Labute approximate surface area is 117 Å². The predicted octanol–water partition coefficient (Wildman–Crippen LogP) is 2.29. The van der Waals surface area contributed by atoms with Crippen molar-refractivity contribution in [2.75, 3.05) is 6.54 Å². The van der Waals surface area contributed by atoms with Gasteiger partial charge < -0.3 is 5.73 Å². The third kappa shape index (κ3) is 3.92. The molecule has 0 spiro atoms. The molecule has 0 heterocycles. The van der Waals surface area contributed by atoms with E-state index in [1.165, 1.54) is 19.3 Å². The topological polar surface area (TPSA) is 72.2 Å². The first-order valence-corrected chi connectivity index (χ1v) is 9.35. The molecule has 0 aromatic heterocycles. The van der Waals surface area contributed by atoms with Gasteiger partial charge in [-0.15, -0.1) is 0 Å². The SMILES string of the molecule is NCC1(NS(=O)(=O)C2CCCC2)CCCCCCC1. The molecular formula is C14H28N2O2S. The van der Waals surface area contributed by atoms with E-state index in [1.54, 1.807) is 0 Å². The minimum atomic E-state index is -3.19. The van der Waals surface area contributed by atoms with Gasteiger partial charge in [-0.05, 0) is 25.7 Å². The van der Waals surface area contributed by atoms with Crippen molar-refractivity contribution in [2.24, 2.45) is 5.73 Å². The summed E-state index contributed by atoms with van der Waals surface area (Å²) in [7, 11) is -3.19. The van der Waals surface area contributed by atoms with Crippen LogP contribution >= 0.6 is 0 Å². The minimum absolute atomic E-state index is 0.179. The molecule has 2 aliphatic carbocycles. The van der Waals surface area contributed by atoms with Gasteiger partial charge in [-0.25, -0.2) is 13.1 Å². The van der Waals surface area contributed by atoms with E-state index in [2.05, 4.69) is 4.72 Å². The molecule has 2 aliphatic rings.